The largest absolute Gasteiger partial charge is 0.497 e. The maximum atomic E-state index is 12.7. The van der Waals surface area contributed by atoms with E-state index in [2.05, 4.69) is 39.2 Å². The Balaban J connectivity index is 1.52. The summed E-state index contributed by atoms with van der Waals surface area (Å²) in [6, 6.07) is 22.0. The number of pyridine rings is 1. The molecule has 1 N–H and O–H groups in total. The predicted octanol–water partition coefficient (Wildman–Crippen LogP) is 5.25. The van der Waals surface area contributed by atoms with E-state index in [4.69, 9.17) is 9.47 Å². The number of rotatable bonds is 11. The highest BCUT2D eigenvalue weighted by atomic mass is 32.1. The molecule has 0 aliphatic rings. The van der Waals surface area contributed by atoms with Gasteiger partial charge in [0.05, 0.1) is 33.0 Å². The van der Waals surface area contributed by atoms with E-state index in [1.165, 1.54) is 16.9 Å². The van der Waals surface area contributed by atoms with Gasteiger partial charge in [0.25, 0.3) is 5.91 Å². The molecule has 1 atom stereocenters. The molecule has 7 nitrogen and oxygen atoms in total. The van der Waals surface area contributed by atoms with Crippen LogP contribution in [-0.4, -0.2) is 35.0 Å². The van der Waals surface area contributed by atoms with Gasteiger partial charge in [-0.3, -0.25) is 14.7 Å². The summed E-state index contributed by atoms with van der Waals surface area (Å²) in [6.07, 6.45) is 1.71. The van der Waals surface area contributed by atoms with Crippen molar-refractivity contribution in [3.05, 3.63) is 106 Å². The number of ether oxygens (including phenoxy) is 2. The van der Waals surface area contributed by atoms with E-state index in [0.717, 1.165) is 27.8 Å². The molecule has 0 aliphatic heterocycles. The van der Waals surface area contributed by atoms with E-state index in [1.807, 2.05) is 60.0 Å². The molecular formula is C28H30N4O3S. The van der Waals surface area contributed by atoms with Crippen LogP contribution in [0.25, 0.3) is 0 Å². The van der Waals surface area contributed by atoms with Gasteiger partial charge in [0.15, 0.2) is 0 Å². The topological polar surface area (TPSA) is 76.6 Å². The van der Waals surface area contributed by atoms with E-state index >= 15 is 0 Å². The first-order chi connectivity index (χ1) is 17.6. The number of nitrogens with one attached hydrogen (secondary N) is 1. The highest BCUT2D eigenvalue weighted by Gasteiger charge is 2.21. The van der Waals surface area contributed by atoms with Gasteiger partial charge in [0.2, 0.25) is 0 Å². The molecule has 0 radical (unpaired) electrons. The predicted molar refractivity (Wildman–Crippen MR) is 141 cm³/mol. The summed E-state index contributed by atoms with van der Waals surface area (Å²) in [6.45, 7) is 3.77. The molecule has 0 aliphatic carbocycles. The minimum Gasteiger partial charge on any atom is -0.497 e. The highest BCUT2D eigenvalue weighted by Crippen LogP contribution is 2.30. The Morgan fingerprint density at radius 3 is 2.56 bits per heavy atom. The second kappa shape index (κ2) is 12.3. The number of carbonyl (C=O) groups excluding carboxylic acids is 1. The molecule has 2 aromatic heterocycles. The van der Waals surface area contributed by atoms with E-state index < -0.39 is 0 Å². The molecule has 0 fully saturated rings. The lowest BCUT2D eigenvalue weighted by atomic mass is 10.1. The Kier molecular flexibility index (Phi) is 8.65. The minimum atomic E-state index is -0.206. The molecule has 0 saturated carbocycles. The molecule has 0 spiro atoms. The molecule has 2 heterocycles. The van der Waals surface area contributed by atoms with Gasteiger partial charge in [0.1, 0.15) is 22.2 Å². The molecule has 4 rings (SSSR count). The van der Waals surface area contributed by atoms with Crippen molar-refractivity contribution in [3.8, 4) is 11.5 Å². The van der Waals surface area contributed by atoms with Gasteiger partial charge < -0.3 is 14.8 Å². The molecule has 1 unspecified atom stereocenters. The summed E-state index contributed by atoms with van der Waals surface area (Å²) in [5.41, 5.74) is 3.47. The fourth-order valence-electron chi connectivity index (χ4n) is 3.90. The van der Waals surface area contributed by atoms with Crippen molar-refractivity contribution in [1.29, 1.82) is 0 Å². The molecule has 4 aromatic rings. The van der Waals surface area contributed by atoms with Gasteiger partial charge in [-0.05, 0) is 30.7 Å². The first-order valence-corrected chi connectivity index (χ1v) is 12.6. The molecule has 0 saturated heterocycles. The third kappa shape index (κ3) is 6.47. The third-order valence-electron chi connectivity index (χ3n) is 5.98. The lowest BCUT2D eigenvalue weighted by molar-refractivity contribution is 0.0945. The Morgan fingerprint density at radius 1 is 1.03 bits per heavy atom. The summed E-state index contributed by atoms with van der Waals surface area (Å²) in [5, 5.41) is 5.57. The van der Waals surface area contributed by atoms with E-state index in [-0.39, 0.29) is 11.9 Å². The standard InChI is InChI=1S/C28H30N4O3S/c1-20(21-9-5-4-6-10-21)32(17-22-12-13-24(34-2)15-26(22)35-3)18-27-31-25(19-36-27)28(33)30-16-23-11-7-8-14-29-23/h4-15,19-20H,16-18H2,1-3H3,(H,30,33). The average Bonchev–Trinajstić information content (AvgIpc) is 3.41. The van der Waals surface area contributed by atoms with Crippen LogP contribution in [0.2, 0.25) is 0 Å². The number of aromatic nitrogens is 2. The Hall–Kier alpha value is -3.75. The molecular weight excluding hydrogens is 472 g/mol. The maximum absolute atomic E-state index is 12.7. The number of hydrogen-bond acceptors (Lipinski definition) is 7. The van der Waals surface area contributed by atoms with Crippen LogP contribution in [0.3, 0.4) is 0 Å². The van der Waals surface area contributed by atoms with E-state index in [9.17, 15) is 4.79 Å². The van der Waals surface area contributed by atoms with Crippen LogP contribution in [0.4, 0.5) is 0 Å². The van der Waals surface area contributed by atoms with Crippen LogP contribution in [0.15, 0.2) is 78.3 Å². The maximum Gasteiger partial charge on any atom is 0.271 e. The molecule has 8 heteroatoms. The second-order valence-corrected chi connectivity index (χ2v) is 9.24. The van der Waals surface area contributed by atoms with Crippen LogP contribution in [0, 0.1) is 0 Å². The minimum absolute atomic E-state index is 0.114. The molecule has 186 valence electrons. The molecule has 36 heavy (non-hydrogen) atoms. The molecule has 2 aromatic carbocycles. The Labute approximate surface area is 215 Å². The lowest BCUT2D eigenvalue weighted by Gasteiger charge is -2.29. The van der Waals surface area contributed by atoms with Crippen molar-refractivity contribution in [2.24, 2.45) is 0 Å². The van der Waals surface area contributed by atoms with Crippen molar-refractivity contribution < 1.29 is 14.3 Å². The SMILES string of the molecule is COc1ccc(CN(Cc2nc(C(=O)NCc3ccccn3)cs2)C(C)c2ccccc2)c(OC)c1. The van der Waals surface area contributed by atoms with Crippen molar-refractivity contribution in [2.45, 2.75) is 32.6 Å². The Morgan fingerprint density at radius 2 is 1.83 bits per heavy atom. The number of nitrogens with zero attached hydrogens (tertiary/aromatic N) is 3. The average molecular weight is 503 g/mol. The normalized spacial score (nSPS) is 11.8. The molecule has 1 amide bonds. The van der Waals surface area contributed by atoms with Crippen LogP contribution < -0.4 is 14.8 Å². The smallest absolute Gasteiger partial charge is 0.271 e. The zero-order valence-corrected chi connectivity index (χ0v) is 21.5. The summed E-state index contributed by atoms with van der Waals surface area (Å²) in [7, 11) is 3.31. The van der Waals surface area contributed by atoms with Crippen LogP contribution >= 0.6 is 11.3 Å². The summed E-state index contributed by atoms with van der Waals surface area (Å²) < 4.78 is 11.0. The Bertz CT molecular complexity index is 1260. The summed E-state index contributed by atoms with van der Waals surface area (Å²) in [5.74, 6) is 1.32. The van der Waals surface area contributed by atoms with Crippen molar-refractivity contribution in [2.75, 3.05) is 14.2 Å². The van der Waals surface area contributed by atoms with Gasteiger partial charge in [-0.15, -0.1) is 11.3 Å². The quantitative estimate of drug-likeness (QED) is 0.302. The van der Waals surface area contributed by atoms with Crippen LogP contribution in [-0.2, 0) is 19.6 Å². The van der Waals surface area contributed by atoms with Crippen LogP contribution in [0.1, 0.15) is 45.3 Å². The zero-order chi connectivity index (χ0) is 25.3. The fourth-order valence-corrected chi connectivity index (χ4v) is 4.70. The van der Waals surface area contributed by atoms with E-state index in [1.54, 1.807) is 20.4 Å². The number of methoxy groups -OCH3 is 2. The third-order valence-corrected chi connectivity index (χ3v) is 6.81. The summed E-state index contributed by atoms with van der Waals surface area (Å²) in [4.78, 5) is 23.9. The monoisotopic (exact) mass is 502 g/mol. The van der Waals surface area contributed by atoms with Crippen molar-refractivity contribution in [1.82, 2.24) is 20.2 Å². The first-order valence-electron chi connectivity index (χ1n) is 11.7. The number of carbonyl (C=O) groups is 1. The number of hydrogen-bond donors (Lipinski definition) is 1. The second-order valence-electron chi connectivity index (χ2n) is 8.30. The molecule has 0 bridgehead atoms. The summed E-state index contributed by atoms with van der Waals surface area (Å²) >= 11 is 1.49. The van der Waals surface area contributed by atoms with Gasteiger partial charge >= 0.3 is 0 Å². The lowest BCUT2D eigenvalue weighted by Crippen LogP contribution is -2.27. The number of thiazole rings is 1. The highest BCUT2D eigenvalue weighted by molar-refractivity contribution is 7.09. The van der Waals surface area contributed by atoms with Crippen molar-refractivity contribution >= 4 is 17.2 Å². The van der Waals surface area contributed by atoms with Gasteiger partial charge in [0, 0.05) is 35.8 Å². The fraction of sp³-hybridized carbons (Fsp3) is 0.250. The van der Waals surface area contributed by atoms with Gasteiger partial charge in [-0.1, -0.05) is 42.5 Å². The first kappa shape index (κ1) is 25.3. The zero-order valence-electron chi connectivity index (χ0n) is 20.7. The van der Waals surface area contributed by atoms with E-state index in [0.29, 0.717) is 25.3 Å². The van der Waals surface area contributed by atoms with Gasteiger partial charge in [-0.25, -0.2) is 4.98 Å². The number of benzene rings is 2. The van der Waals surface area contributed by atoms with Crippen molar-refractivity contribution in [3.63, 3.8) is 0 Å². The van der Waals surface area contributed by atoms with Gasteiger partial charge in [-0.2, -0.15) is 0 Å². The van der Waals surface area contributed by atoms with Crippen LogP contribution in [0.5, 0.6) is 11.5 Å². The number of amides is 1.